The van der Waals surface area contributed by atoms with Crippen LogP contribution in [0.15, 0.2) is 41.3 Å². The highest BCUT2D eigenvalue weighted by atomic mass is 16.3. The number of hydrogen-bond acceptors (Lipinski definition) is 4. The number of aromatic nitrogens is 1. The largest absolute Gasteiger partial charge is 0.507 e. The molecular formula is C17H19N3O2. The summed E-state index contributed by atoms with van der Waals surface area (Å²) in [6.07, 6.45) is 6.12. The first-order valence-corrected chi connectivity index (χ1v) is 7.52. The van der Waals surface area contributed by atoms with Gasteiger partial charge in [-0.1, -0.05) is 25.0 Å². The molecule has 3 rings (SSSR count). The lowest BCUT2D eigenvalue weighted by atomic mass is 10.0. The third kappa shape index (κ3) is 2.74. The summed E-state index contributed by atoms with van der Waals surface area (Å²) < 4.78 is 0. The molecule has 1 aliphatic carbocycles. The molecule has 0 radical (unpaired) electrons. The van der Waals surface area contributed by atoms with E-state index in [1.807, 2.05) is 0 Å². The second kappa shape index (κ2) is 6.05. The van der Waals surface area contributed by atoms with Crippen molar-refractivity contribution in [2.45, 2.75) is 31.7 Å². The van der Waals surface area contributed by atoms with Gasteiger partial charge in [0.2, 0.25) is 0 Å². The average Bonchev–Trinajstić information content (AvgIpc) is 3.00. The van der Waals surface area contributed by atoms with Crippen LogP contribution < -0.4 is 10.9 Å². The summed E-state index contributed by atoms with van der Waals surface area (Å²) in [5, 5.41) is 21.7. The molecule has 2 aromatic rings. The monoisotopic (exact) mass is 297 g/mol. The maximum absolute atomic E-state index is 12.2. The number of H-pyrrole nitrogens is 1. The topological polar surface area (TPSA) is 89.0 Å². The second-order valence-corrected chi connectivity index (χ2v) is 5.61. The van der Waals surface area contributed by atoms with E-state index in [-0.39, 0.29) is 22.6 Å². The maximum Gasteiger partial charge on any atom is 0.259 e. The van der Waals surface area contributed by atoms with E-state index in [2.05, 4.69) is 10.3 Å². The van der Waals surface area contributed by atoms with Crippen LogP contribution >= 0.6 is 0 Å². The predicted molar refractivity (Wildman–Crippen MR) is 87.0 cm³/mol. The van der Waals surface area contributed by atoms with Crippen molar-refractivity contribution in [2.75, 3.05) is 5.32 Å². The lowest BCUT2D eigenvalue weighted by Crippen LogP contribution is -2.24. The molecule has 1 aromatic carbocycles. The minimum Gasteiger partial charge on any atom is -0.507 e. The van der Waals surface area contributed by atoms with Crippen LogP contribution in [-0.4, -0.2) is 21.8 Å². The number of phenols is 1. The fraction of sp³-hybridized carbons (Fsp3) is 0.294. The number of hydrogen-bond donors (Lipinski definition) is 4. The molecule has 114 valence electrons. The molecule has 22 heavy (non-hydrogen) atoms. The molecule has 0 spiro atoms. The summed E-state index contributed by atoms with van der Waals surface area (Å²) in [5.41, 5.74) is 0.991. The molecule has 5 nitrogen and oxygen atoms in total. The number of para-hydroxylation sites is 1. The van der Waals surface area contributed by atoms with Gasteiger partial charge in [-0.25, -0.2) is 0 Å². The quantitative estimate of drug-likeness (QED) is 0.654. The van der Waals surface area contributed by atoms with Crippen LogP contribution in [0.3, 0.4) is 0 Å². The van der Waals surface area contributed by atoms with Crippen molar-refractivity contribution >= 4 is 11.4 Å². The molecule has 5 heteroatoms. The fourth-order valence-electron chi connectivity index (χ4n) is 2.96. The van der Waals surface area contributed by atoms with Crippen LogP contribution in [0.1, 0.15) is 36.8 Å². The van der Waals surface area contributed by atoms with Gasteiger partial charge in [-0.05, 0) is 31.0 Å². The van der Waals surface area contributed by atoms with E-state index < -0.39 is 0 Å². The molecule has 0 amide bonds. The zero-order valence-corrected chi connectivity index (χ0v) is 12.2. The number of benzene rings is 1. The van der Waals surface area contributed by atoms with Crippen LogP contribution in [0.25, 0.3) is 0 Å². The van der Waals surface area contributed by atoms with Gasteiger partial charge in [0.15, 0.2) is 0 Å². The van der Waals surface area contributed by atoms with E-state index in [1.165, 1.54) is 18.9 Å². The van der Waals surface area contributed by atoms with E-state index in [1.54, 1.807) is 30.5 Å². The van der Waals surface area contributed by atoms with Crippen LogP contribution in [0.2, 0.25) is 0 Å². The van der Waals surface area contributed by atoms with Gasteiger partial charge >= 0.3 is 0 Å². The minimum atomic E-state index is -0.323. The molecular weight excluding hydrogens is 278 g/mol. The third-order valence-electron chi connectivity index (χ3n) is 4.10. The number of aromatic amines is 1. The predicted octanol–water partition coefficient (Wildman–Crippen LogP) is 2.85. The Bertz CT molecular complexity index is 746. The average molecular weight is 297 g/mol. The summed E-state index contributed by atoms with van der Waals surface area (Å²) >= 11 is 0. The molecule has 4 N–H and O–H groups in total. The van der Waals surface area contributed by atoms with Gasteiger partial charge in [0.1, 0.15) is 5.75 Å². The van der Waals surface area contributed by atoms with Crippen LogP contribution in [0.5, 0.6) is 5.75 Å². The van der Waals surface area contributed by atoms with Crippen LogP contribution in [0, 0.1) is 5.41 Å². The standard InChI is InChI=1S/C17H19N3O2/c18-16(12-7-3-4-8-14(12)21)15-13(9-10-19-17(15)22)20-11-5-1-2-6-11/h3-4,7-11,18,21H,1-2,5-6H2,(H2,19,20,22). The first-order valence-electron chi connectivity index (χ1n) is 7.52. The molecule has 0 aliphatic heterocycles. The highest BCUT2D eigenvalue weighted by molar-refractivity contribution is 6.15. The highest BCUT2D eigenvalue weighted by Gasteiger charge is 2.20. The first-order chi connectivity index (χ1) is 10.7. The molecule has 1 aromatic heterocycles. The Hall–Kier alpha value is -2.56. The summed E-state index contributed by atoms with van der Waals surface area (Å²) in [4.78, 5) is 14.8. The van der Waals surface area contributed by atoms with Gasteiger partial charge in [0.05, 0.1) is 17.0 Å². The number of nitrogens with one attached hydrogen (secondary N) is 3. The fourth-order valence-corrected chi connectivity index (χ4v) is 2.96. The van der Waals surface area contributed by atoms with Crippen molar-refractivity contribution in [1.29, 1.82) is 5.41 Å². The SMILES string of the molecule is N=C(c1ccccc1O)c1c(NC2CCCC2)cc[nH]c1=O. The lowest BCUT2D eigenvalue weighted by molar-refractivity contribution is 0.474. The van der Waals surface area contributed by atoms with Crippen molar-refractivity contribution < 1.29 is 5.11 Å². The van der Waals surface area contributed by atoms with Gasteiger partial charge < -0.3 is 15.4 Å². The van der Waals surface area contributed by atoms with Gasteiger partial charge in [-0.3, -0.25) is 10.2 Å². The van der Waals surface area contributed by atoms with Gasteiger partial charge in [-0.2, -0.15) is 0 Å². The molecule has 1 saturated carbocycles. The second-order valence-electron chi connectivity index (χ2n) is 5.61. The number of rotatable bonds is 4. The summed E-state index contributed by atoms with van der Waals surface area (Å²) in [6.45, 7) is 0. The Balaban J connectivity index is 2.00. The normalized spacial score (nSPS) is 14.9. The molecule has 0 bridgehead atoms. The zero-order valence-electron chi connectivity index (χ0n) is 12.2. The number of anilines is 1. The summed E-state index contributed by atoms with van der Waals surface area (Å²) in [7, 11) is 0. The summed E-state index contributed by atoms with van der Waals surface area (Å²) in [6, 6.07) is 8.72. The minimum absolute atomic E-state index is 0.00238. The Kier molecular flexibility index (Phi) is 3.96. The molecule has 0 unspecified atom stereocenters. The molecule has 1 heterocycles. The maximum atomic E-state index is 12.2. The number of phenolic OH excluding ortho intramolecular Hbond substituents is 1. The molecule has 1 fully saturated rings. The highest BCUT2D eigenvalue weighted by Crippen LogP contribution is 2.26. The third-order valence-corrected chi connectivity index (χ3v) is 4.10. The smallest absolute Gasteiger partial charge is 0.259 e. The van der Waals surface area contributed by atoms with E-state index in [0.29, 0.717) is 17.3 Å². The van der Waals surface area contributed by atoms with Crippen molar-refractivity contribution in [3.8, 4) is 5.75 Å². The van der Waals surface area contributed by atoms with Crippen molar-refractivity contribution in [1.82, 2.24) is 4.98 Å². The van der Waals surface area contributed by atoms with Crippen LogP contribution in [-0.2, 0) is 0 Å². The Labute approximate surface area is 128 Å². The molecule has 0 saturated heterocycles. The first kappa shape index (κ1) is 14.4. The van der Waals surface area contributed by atoms with Crippen LogP contribution in [0.4, 0.5) is 5.69 Å². The van der Waals surface area contributed by atoms with Gasteiger partial charge in [-0.15, -0.1) is 0 Å². The zero-order chi connectivity index (χ0) is 15.5. The van der Waals surface area contributed by atoms with E-state index in [0.717, 1.165) is 12.8 Å². The Morgan fingerprint density at radius 3 is 2.68 bits per heavy atom. The van der Waals surface area contributed by atoms with Gasteiger partial charge in [0.25, 0.3) is 5.56 Å². The molecule has 1 aliphatic rings. The van der Waals surface area contributed by atoms with Crippen molar-refractivity contribution in [3.05, 3.63) is 58.0 Å². The van der Waals surface area contributed by atoms with Crippen molar-refractivity contribution in [2.24, 2.45) is 0 Å². The lowest BCUT2D eigenvalue weighted by Gasteiger charge is -2.17. The Morgan fingerprint density at radius 2 is 1.95 bits per heavy atom. The number of pyridine rings is 1. The van der Waals surface area contributed by atoms with E-state index >= 15 is 0 Å². The summed E-state index contributed by atoms with van der Waals surface area (Å²) in [5.74, 6) is 0.00238. The molecule has 0 atom stereocenters. The Morgan fingerprint density at radius 1 is 1.23 bits per heavy atom. The van der Waals surface area contributed by atoms with Crippen molar-refractivity contribution in [3.63, 3.8) is 0 Å². The van der Waals surface area contributed by atoms with Gasteiger partial charge in [0, 0.05) is 17.8 Å². The van der Waals surface area contributed by atoms with E-state index in [4.69, 9.17) is 5.41 Å². The number of aromatic hydroxyl groups is 1. The van der Waals surface area contributed by atoms with E-state index in [9.17, 15) is 9.90 Å².